The van der Waals surface area contributed by atoms with Gasteiger partial charge in [-0.05, 0) is 28.1 Å². The quantitative estimate of drug-likeness (QED) is 0.577. The van der Waals surface area contributed by atoms with E-state index >= 15 is 0 Å². The molecule has 0 fully saturated rings. The van der Waals surface area contributed by atoms with E-state index in [1.807, 2.05) is 0 Å². The molecule has 1 rings (SSSR count). The maximum absolute atomic E-state index is 11.9. The highest BCUT2D eigenvalue weighted by molar-refractivity contribution is 9.10. The van der Waals surface area contributed by atoms with Gasteiger partial charge in [0.05, 0.1) is 18.1 Å². The van der Waals surface area contributed by atoms with Crippen molar-refractivity contribution in [3.05, 3.63) is 28.7 Å². The molecule has 1 N–H and O–H groups in total. The molecular formula is C10H13Br2NO3S. The number of benzene rings is 1. The predicted molar refractivity (Wildman–Crippen MR) is 73.9 cm³/mol. The lowest BCUT2D eigenvalue weighted by Crippen LogP contribution is -2.27. The summed E-state index contributed by atoms with van der Waals surface area (Å²) in [5.41, 5.74) is 0. The molecule has 1 aromatic rings. The van der Waals surface area contributed by atoms with Gasteiger partial charge in [0, 0.05) is 16.3 Å². The Balaban J connectivity index is 2.55. The summed E-state index contributed by atoms with van der Waals surface area (Å²) in [6.45, 7) is 1.18. The van der Waals surface area contributed by atoms with Crippen LogP contribution < -0.4 is 4.72 Å². The lowest BCUT2D eigenvalue weighted by Gasteiger charge is -2.08. The third kappa shape index (κ3) is 5.05. The van der Waals surface area contributed by atoms with Gasteiger partial charge >= 0.3 is 0 Å². The van der Waals surface area contributed by atoms with Crippen LogP contribution in [0.1, 0.15) is 0 Å². The molecule has 0 aliphatic heterocycles. The molecule has 96 valence electrons. The molecule has 0 atom stereocenters. The second-order valence-electron chi connectivity index (χ2n) is 3.13. The number of rotatable bonds is 7. The van der Waals surface area contributed by atoms with Crippen LogP contribution in [0.5, 0.6) is 0 Å². The minimum absolute atomic E-state index is 0.237. The Hall–Kier alpha value is 0.0500. The van der Waals surface area contributed by atoms with E-state index in [0.29, 0.717) is 17.7 Å². The van der Waals surface area contributed by atoms with E-state index in [1.165, 1.54) is 0 Å². The highest BCUT2D eigenvalue weighted by atomic mass is 79.9. The van der Waals surface area contributed by atoms with E-state index < -0.39 is 10.0 Å². The van der Waals surface area contributed by atoms with Gasteiger partial charge in [0.2, 0.25) is 10.0 Å². The van der Waals surface area contributed by atoms with Crippen LogP contribution in [0, 0.1) is 0 Å². The predicted octanol–water partition coefficient (Wildman–Crippen LogP) is 2.14. The van der Waals surface area contributed by atoms with E-state index in [2.05, 4.69) is 36.6 Å². The maximum Gasteiger partial charge on any atom is 0.241 e. The molecule has 7 heteroatoms. The van der Waals surface area contributed by atoms with Gasteiger partial charge in [0.15, 0.2) is 0 Å². The van der Waals surface area contributed by atoms with E-state index in [4.69, 9.17) is 4.74 Å². The average Bonchev–Trinajstić information content (AvgIpc) is 2.29. The van der Waals surface area contributed by atoms with Crippen LogP contribution in [0.2, 0.25) is 0 Å². The zero-order chi connectivity index (χ0) is 12.7. The first-order valence-electron chi connectivity index (χ1n) is 4.96. The molecule has 0 unspecified atom stereocenters. The SMILES string of the molecule is O=S(=O)(NCCOCCBr)c1ccccc1Br. The highest BCUT2D eigenvalue weighted by Gasteiger charge is 2.15. The van der Waals surface area contributed by atoms with Crippen molar-refractivity contribution in [2.75, 3.05) is 25.1 Å². The number of sulfonamides is 1. The first kappa shape index (κ1) is 15.1. The summed E-state index contributed by atoms with van der Waals surface area (Å²) >= 11 is 6.43. The topological polar surface area (TPSA) is 55.4 Å². The Kier molecular flexibility index (Phi) is 6.65. The lowest BCUT2D eigenvalue weighted by atomic mass is 10.4. The molecular weight excluding hydrogens is 374 g/mol. The van der Waals surface area contributed by atoms with Gasteiger partial charge in [-0.15, -0.1) is 0 Å². The normalized spacial score (nSPS) is 11.6. The van der Waals surface area contributed by atoms with Crippen LogP contribution in [0.25, 0.3) is 0 Å². The maximum atomic E-state index is 11.9. The Morgan fingerprint density at radius 1 is 1.24 bits per heavy atom. The smallest absolute Gasteiger partial charge is 0.241 e. The zero-order valence-corrected chi connectivity index (χ0v) is 13.0. The van der Waals surface area contributed by atoms with Crippen molar-refractivity contribution in [2.24, 2.45) is 0 Å². The minimum Gasteiger partial charge on any atom is -0.379 e. The van der Waals surface area contributed by atoms with Gasteiger partial charge in [0.25, 0.3) is 0 Å². The second-order valence-corrected chi connectivity index (χ2v) is 6.51. The van der Waals surface area contributed by atoms with Crippen LogP contribution in [-0.2, 0) is 14.8 Å². The first-order chi connectivity index (χ1) is 8.08. The molecule has 4 nitrogen and oxygen atoms in total. The van der Waals surface area contributed by atoms with Gasteiger partial charge in [-0.2, -0.15) is 0 Å². The summed E-state index contributed by atoms with van der Waals surface area (Å²) < 4.78 is 31.9. The summed E-state index contributed by atoms with van der Waals surface area (Å²) in [5, 5.41) is 0.740. The van der Waals surface area contributed by atoms with Gasteiger partial charge < -0.3 is 4.74 Å². The lowest BCUT2D eigenvalue weighted by molar-refractivity contribution is 0.156. The van der Waals surface area contributed by atoms with E-state index in [9.17, 15) is 8.42 Å². The molecule has 0 spiro atoms. The summed E-state index contributed by atoms with van der Waals surface area (Å²) in [7, 11) is -3.47. The van der Waals surface area contributed by atoms with Gasteiger partial charge in [0.1, 0.15) is 0 Å². The number of ether oxygens (including phenoxy) is 1. The van der Waals surface area contributed by atoms with Crippen LogP contribution in [0.4, 0.5) is 0 Å². The molecule has 0 radical (unpaired) electrons. The fourth-order valence-electron chi connectivity index (χ4n) is 1.15. The summed E-state index contributed by atoms with van der Waals surface area (Å²) in [6, 6.07) is 6.69. The first-order valence-corrected chi connectivity index (χ1v) is 8.35. The largest absolute Gasteiger partial charge is 0.379 e. The second kappa shape index (κ2) is 7.48. The molecule has 17 heavy (non-hydrogen) atoms. The van der Waals surface area contributed by atoms with Gasteiger partial charge in [-0.3, -0.25) is 0 Å². The number of hydrogen-bond donors (Lipinski definition) is 1. The molecule has 1 aromatic carbocycles. The molecule has 0 aliphatic rings. The summed E-state index contributed by atoms with van der Waals surface area (Å²) in [5.74, 6) is 0. The Morgan fingerprint density at radius 2 is 1.94 bits per heavy atom. The van der Waals surface area contributed by atoms with Crippen molar-refractivity contribution in [2.45, 2.75) is 4.90 Å². The molecule has 0 aromatic heterocycles. The van der Waals surface area contributed by atoms with Crippen LogP contribution in [0.15, 0.2) is 33.6 Å². The fraction of sp³-hybridized carbons (Fsp3) is 0.400. The summed E-state index contributed by atoms with van der Waals surface area (Å²) in [4.78, 5) is 0.237. The Bertz CT molecular complexity index is 451. The summed E-state index contributed by atoms with van der Waals surface area (Å²) in [6.07, 6.45) is 0. The Labute approximate surface area is 118 Å². The van der Waals surface area contributed by atoms with Crippen molar-refractivity contribution in [3.8, 4) is 0 Å². The van der Waals surface area contributed by atoms with Crippen molar-refractivity contribution < 1.29 is 13.2 Å². The number of halogens is 2. The Morgan fingerprint density at radius 3 is 2.59 bits per heavy atom. The zero-order valence-electron chi connectivity index (χ0n) is 9.03. The van der Waals surface area contributed by atoms with Crippen molar-refractivity contribution in [1.82, 2.24) is 4.72 Å². The molecule has 0 amide bonds. The number of nitrogens with one attached hydrogen (secondary N) is 1. The molecule has 0 saturated carbocycles. The van der Waals surface area contributed by atoms with Crippen LogP contribution in [-0.4, -0.2) is 33.5 Å². The van der Waals surface area contributed by atoms with E-state index in [-0.39, 0.29) is 11.4 Å². The molecule has 0 bridgehead atoms. The number of alkyl halides is 1. The van der Waals surface area contributed by atoms with Crippen LogP contribution in [0.3, 0.4) is 0 Å². The standard InChI is InChI=1S/C10H13Br2NO3S/c11-5-7-16-8-6-13-17(14,15)10-4-2-1-3-9(10)12/h1-4,13H,5-8H2. The molecule has 0 aliphatic carbocycles. The highest BCUT2D eigenvalue weighted by Crippen LogP contribution is 2.20. The average molecular weight is 387 g/mol. The molecule has 0 saturated heterocycles. The third-order valence-electron chi connectivity index (χ3n) is 1.89. The minimum atomic E-state index is -3.47. The van der Waals surface area contributed by atoms with Gasteiger partial charge in [-0.1, -0.05) is 28.1 Å². The van der Waals surface area contributed by atoms with Crippen molar-refractivity contribution in [3.63, 3.8) is 0 Å². The van der Waals surface area contributed by atoms with Gasteiger partial charge in [-0.25, -0.2) is 13.1 Å². The van der Waals surface area contributed by atoms with E-state index in [1.54, 1.807) is 24.3 Å². The van der Waals surface area contributed by atoms with E-state index in [0.717, 1.165) is 5.33 Å². The van der Waals surface area contributed by atoms with Crippen LogP contribution >= 0.6 is 31.9 Å². The van der Waals surface area contributed by atoms with Crippen molar-refractivity contribution in [1.29, 1.82) is 0 Å². The fourth-order valence-corrected chi connectivity index (χ4v) is 3.39. The van der Waals surface area contributed by atoms with Crippen molar-refractivity contribution >= 4 is 41.9 Å². The third-order valence-corrected chi connectivity index (χ3v) is 4.68. The number of hydrogen-bond acceptors (Lipinski definition) is 3. The monoisotopic (exact) mass is 385 g/mol. The molecule has 0 heterocycles.